The van der Waals surface area contributed by atoms with E-state index in [4.69, 9.17) is 9.47 Å². The molecule has 7 heteroatoms. The minimum Gasteiger partial charge on any atom is -0.487 e. The molecule has 0 saturated carbocycles. The van der Waals surface area contributed by atoms with Crippen molar-refractivity contribution in [3.05, 3.63) is 112 Å². The van der Waals surface area contributed by atoms with Gasteiger partial charge in [0.2, 0.25) is 5.56 Å². The van der Waals surface area contributed by atoms with Crippen molar-refractivity contribution in [2.75, 3.05) is 6.54 Å². The van der Waals surface area contributed by atoms with Gasteiger partial charge in [-0.3, -0.25) is 4.79 Å². The zero-order valence-corrected chi connectivity index (χ0v) is 17.9. The van der Waals surface area contributed by atoms with Crippen molar-refractivity contribution in [1.82, 2.24) is 10.3 Å². The van der Waals surface area contributed by atoms with Crippen LogP contribution < -0.4 is 15.6 Å². The number of aromatic nitrogens is 1. The zero-order valence-electron chi connectivity index (χ0n) is 17.9. The van der Waals surface area contributed by atoms with Crippen molar-refractivity contribution in [1.29, 1.82) is 0 Å². The Morgan fingerprint density at radius 1 is 0.879 bits per heavy atom. The molecule has 1 atom stereocenters. The van der Waals surface area contributed by atoms with Crippen LogP contribution in [-0.4, -0.2) is 22.7 Å². The molecular formula is C26H24N2O5. The van der Waals surface area contributed by atoms with Gasteiger partial charge in [-0.15, -0.1) is 0 Å². The third-order valence-electron chi connectivity index (χ3n) is 5.14. The molecule has 3 aromatic carbocycles. The second-order valence-electron chi connectivity index (χ2n) is 7.50. The fourth-order valence-electron chi connectivity index (χ4n) is 3.46. The Balaban J connectivity index is 1.44. The van der Waals surface area contributed by atoms with E-state index in [1.165, 1.54) is 6.07 Å². The molecule has 3 N–H and O–H groups in total. The number of fused-ring (bicyclic) bond motifs is 1. The number of pyridine rings is 1. The van der Waals surface area contributed by atoms with Crippen molar-refractivity contribution in [2.45, 2.75) is 19.3 Å². The topological polar surface area (TPSA) is 101 Å². The SMILES string of the molecule is O=C(NCC(O)c1ccc(OCc2ccccc2)c2[nH]c(=O)ccc12)OCc1ccccc1. The summed E-state index contributed by atoms with van der Waals surface area (Å²) >= 11 is 0. The van der Waals surface area contributed by atoms with E-state index in [9.17, 15) is 14.7 Å². The molecule has 0 spiro atoms. The molecular weight excluding hydrogens is 420 g/mol. The maximum absolute atomic E-state index is 12.0. The molecule has 7 nitrogen and oxygen atoms in total. The number of carbonyl (C=O) groups is 1. The maximum Gasteiger partial charge on any atom is 0.407 e. The third-order valence-corrected chi connectivity index (χ3v) is 5.14. The summed E-state index contributed by atoms with van der Waals surface area (Å²) in [5, 5.41) is 13.9. The molecule has 1 unspecified atom stereocenters. The smallest absolute Gasteiger partial charge is 0.407 e. The summed E-state index contributed by atoms with van der Waals surface area (Å²) in [6.45, 7) is 0.427. The molecule has 168 valence electrons. The van der Waals surface area contributed by atoms with Crippen molar-refractivity contribution >= 4 is 17.0 Å². The van der Waals surface area contributed by atoms with Gasteiger partial charge in [0.1, 0.15) is 19.0 Å². The van der Waals surface area contributed by atoms with Crippen LogP contribution in [0.3, 0.4) is 0 Å². The third kappa shape index (κ3) is 5.78. The lowest BCUT2D eigenvalue weighted by atomic mass is 10.0. The monoisotopic (exact) mass is 444 g/mol. The first-order valence-electron chi connectivity index (χ1n) is 10.6. The number of rotatable bonds is 8. The molecule has 0 aliphatic rings. The van der Waals surface area contributed by atoms with Crippen molar-refractivity contribution in [2.24, 2.45) is 0 Å². The number of alkyl carbamates (subject to hydrolysis) is 1. The van der Waals surface area contributed by atoms with Gasteiger partial charge in [0.15, 0.2) is 0 Å². The number of hydrogen-bond acceptors (Lipinski definition) is 5. The quantitative estimate of drug-likeness (QED) is 0.380. The second kappa shape index (κ2) is 10.5. The maximum atomic E-state index is 12.0. The van der Waals surface area contributed by atoms with Crippen LogP contribution >= 0.6 is 0 Å². The molecule has 0 bridgehead atoms. The molecule has 0 aliphatic carbocycles. The molecule has 1 aromatic heterocycles. The van der Waals surface area contributed by atoms with E-state index in [1.54, 1.807) is 18.2 Å². The number of amides is 1. The molecule has 1 amide bonds. The Morgan fingerprint density at radius 2 is 1.55 bits per heavy atom. The van der Waals surface area contributed by atoms with Gasteiger partial charge >= 0.3 is 6.09 Å². The van der Waals surface area contributed by atoms with Crippen LogP contribution in [0.4, 0.5) is 4.79 Å². The summed E-state index contributed by atoms with van der Waals surface area (Å²) in [4.78, 5) is 26.8. The average Bonchev–Trinajstić information content (AvgIpc) is 2.85. The Kier molecular flexibility index (Phi) is 7.02. The lowest BCUT2D eigenvalue weighted by Crippen LogP contribution is -2.29. The number of carbonyl (C=O) groups excluding carboxylic acids is 1. The van der Waals surface area contributed by atoms with Crippen molar-refractivity contribution in [3.8, 4) is 5.75 Å². The van der Waals surface area contributed by atoms with Crippen LogP contribution in [0, 0.1) is 0 Å². The number of benzene rings is 3. The summed E-state index contributed by atoms with van der Waals surface area (Å²) in [7, 11) is 0. The van der Waals surface area contributed by atoms with E-state index < -0.39 is 12.2 Å². The Labute approximate surface area is 190 Å². The summed E-state index contributed by atoms with van der Waals surface area (Å²) in [5.74, 6) is 0.498. The normalized spacial score (nSPS) is 11.7. The Bertz CT molecular complexity index is 1270. The van der Waals surface area contributed by atoms with Crippen LogP contribution in [-0.2, 0) is 18.0 Å². The van der Waals surface area contributed by atoms with Crippen molar-refractivity contribution < 1.29 is 19.4 Å². The van der Waals surface area contributed by atoms with Gasteiger partial charge < -0.3 is 24.9 Å². The van der Waals surface area contributed by atoms with E-state index in [1.807, 2.05) is 60.7 Å². The summed E-state index contributed by atoms with van der Waals surface area (Å²) in [5.41, 5.74) is 2.63. The van der Waals surface area contributed by atoms with Crippen LogP contribution in [0.5, 0.6) is 5.75 Å². The van der Waals surface area contributed by atoms with Gasteiger partial charge in [0.25, 0.3) is 0 Å². The van der Waals surface area contributed by atoms with E-state index in [0.717, 1.165) is 11.1 Å². The van der Waals surface area contributed by atoms with E-state index in [0.29, 0.717) is 28.8 Å². The molecule has 33 heavy (non-hydrogen) atoms. The highest BCUT2D eigenvalue weighted by Gasteiger charge is 2.16. The first-order valence-corrected chi connectivity index (χ1v) is 10.6. The highest BCUT2D eigenvalue weighted by atomic mass is 16.5. The number of aliphatic hydroxyl groups is 1. The van der Waals surface area contributed by atoms with Crippen LogP contribution in [0.25, 0.3) is 10.9 Å². The highest BCUT2D eigenvalue weighted by Crippen LogP contribution is 2.30. The average molecular weight is 444 g/mol. The molecule has 0 fully saturated rings. The standard InChI is InChI=1S/C26H24N2O5/c29-22(15-27-26(31)33-17-19-9-5-2-6-10-19)20-11-13-23(25-21(20)12-14-24(30)28-25)32-16-18-7-3-1-4-8-18/h1-14,22,29H,15-17H2,(H,27,31)(H,28,30). The van der Waals surface area contributed by atoms with E-state index >= 15 is 0 Å². The highest BCUT2D eigenvalue weighted by molar-refractivity contribution is 5.87. The summed E-state index contributed by atoms with van der Waals surface area (Å²) in [6.07, 6.45) is -1.63. The molecule has 4 rings (SSSR count). The summed E-state index contributed by atoms with van der Waals surface area (Å²) < 4.78 is 11.1. The Morgan fingerprint density at radius 3 is 2.24 bits per heavy atom. The van der Waals surface area contributed by atoms with E-state index in [2.05, 4.69) is 10.3 Å². The van der Waals surface area contributed by atoms with Crippen LogP contribution in [0.2, 0.25) is 0 Å². The fraction of sp³-hybridized carbons (Fsp3) is 0.154. The minimum absolute atomic E-state index is 0.0495. The first kappa shape index (κ1) is 22.1. The van der Waals surface area contributed by atoms with Crippen LogP contribution in [0.15, 0.2) is 89.7 Å². The zero-order chi connectivity index (χ0) is 23.0. The lowest BCUT2D eigenvalue weighted by Gasteiger charge is -2.17. The van der Waals surface area contributed by atoms with Crippen molar-refractivity contribution in [3.63, 3.8) is 0 Å². The lowest BCUT2D eigenvalue weighted by molar-refractivity contribution is 0.126. The first-order chi connectivity index (χ1) is 16.1. The molecule has 1 heterocycles. The summed E-state index contributed by atoms with van der Waals surface area (Å²) in [6, 6.07) is 25.5. The molecule has 0 radical (unpaired) electrons. The second-order valence-corrected chi connectivity index (χ2v) is 7.50. The largest absolute Gasteiger partial charge is 0.487 e. The number of aromatic amines is 1. The number of aliphatic hydroxyl groups excluding tert-OH is 1. The minimum atomic E-state index is -1.01. The molecule has 0 saturated heterocycles. The number of H-pyrrole nitrogens is 1. The van der Waals surface area contributed by atoms with Gasteiger partial charge in [-0.25, -0.2) is 4.79 Å². The molecule has 0 aliphatic heterocycles. The van der Waals surface area contributed by atoms with Gasteiger partial charge in [0.05, 0.1) is 18.2 Å². The van der Waals surface area contributed by atoms with Gasteiger partial charge in [-0.1, -0.05) is 66.7 Å². The molecule has 4 aromatic rings. The predicted octanol–water partition coefficient (Wildman–Crippen LogP) is 4.07. The van der Waals surface area contributed by atoms with Gasteiger partial charge in [0, 0.05) is 11.5 Å². The number of ether oxygens (including phenoxy) is 2. The number of hydrogen-bond donors (Lipinski definition) is 3. The fourth-order valence-corrected chi connectivity index (χ4v) is 3.46. The van der Waals surface area contributed by atoms with E-state index in [-0.39, 0.29) is 18.7 Å². The van der Waals surface area contributed by atoms with Gasteiger partial charge in [-0.2, -0.15) is 0 Å². The van der Waals surface area contributed by atoms with Gasteiger partial charge in [-0.05, 0) is 28.8 Å². The number of nitrogens with one attached hydrogen (secondary N) is 2. The Hall–Kier alpha value is -4.10. The van der Waals surface area contributed by atoms with Crippen LogP contribution in [0.1, 0.15) is 22.8 Å². The predicted molar refractivity (Wildman–Crippen MR) is 125 cm³/mol.